The van der Waals surface area contributed by atoms with Crippen molar-refractivity contribution in [2.45, 2.75) is 52.4 Å². The summed E-state index contributed by atoms with van der Waals surface area (Å²) in [6, 6.07) is 14.3. The zero-order valence-electron chi connectivity index (χ0n) is 15.4. The van der Waals surface area contributed by atoms with E-state index >= 15 is 0 Å². The second-order valence-electron chi connectivity index (χ2n) is 7.87. The van der Waals surface area contributed by atoms with Crippen LogP contribution in [0.4, 0.5) is 0 Å². The van der Waals surface area contributed by atoms with Gasteiger partial charge >= 0.3 is 5.97 Å². The van der Waals surface area contributed by atoms with E-state index in [9.17, 15) is 9.90 Å². The van der Waals surface area contributed by atoms with Crippen molar-refractivity contribution in [3.63, 3.8) is 0 Å². The Labute approximate surface area is 145 Å². The third-order valence-corrected chi connectivity index (χ3v) is 3.67. The van der Waals surface area contributed by atoms with Gasteiger partial charge < -0.3 is 10.2 Å². The van der Waals surface area contributed by atoms with Crippen LogP contribution >= 0.6 is 0 Å². The van der Waals surface area contributed by atoms with Gasteiger partial charge in [-0.1, -0.05) is 77.9 Å². The lowest BCUT2D eigenvalue weighted by molar-refractivity contribution is 0.0697. The molecule has 0 heterocycles. The van der Waals surface area contributed by atoms with Crippen LogP contribution in [0.5, 0.6) is 5.75 Å². The maximum absolute atomic E-state index is 10.3. The van der Waals surface area contributed by atoms with Gasteiger partial charge in [-0.25, -0.2) is 4.79 Å². The zero-order valence-corrected chi connectivity index (χ0v) is 15.4. The van der Waals surface area contributed by atoms with Crippen LogP contribution in [0, 0.1) is 0 Å². The second kappa shape index (κ2) is 7.52. The lowest BCUT2D eigenvalue weighted by atomic mass is 9.80. The first-order valence-electron chi connectivity index (χ1n) is 8.06. The number of carboxylic acid groups (broad SMARTS) is 1. The summed E-state index contributed by atoms with van der Waals surface area (Å²) in [4.78, 5) is 10.2. The summed E-state index contributed by atoms with van der Waals surface area (Å²) in [5.41, 5.74) is 2.36. The average Bonchev–Trinajstić information content (AvgIpc) is 2.46. The number of hydrogen-bond donors (Lipinski definition) is 2. The van der Waals surface area contributed by atoms with E-state index in [0.29, 0.717) is 11.3 Å². The summed E-state index contributed by atoms with van der Waals surface area (Å²) in [6.07, 6.45) is 0. The summed E-state index contributed by atoms with van der Waals surface area (Å²) >= 11 is 0. The summed E-state index contributed by atoms with van der Waals surface area (Å²) in [5.74, 6) is -0.423. The van der Waals surface area contributed by atoms with Gasteiger partial charge in [-0.05, 0) is 34.1 Å². The molecular weight excluding hydrogens is 300 g/mol. The summed E-state index contributed by atoms with van der Waals surface area (Å²) in [7, 11) is 0. The van der Waals surface area contributed by atoms with Crippen LogP contribution in [0.2, 0.25) is 0 Å². The van der Waals surface area contributed by atoms with Crippen molar-refractivity contribution in [2.75, 3.05) is 0 Å². The van der Waals surface area contributed by atoms with Crippen LogP contribution < -0.4 is 0 Å². The standard InChI is InChI=1S/C14H22O.C7H6O2/c1-13(2,3)10-8-7-9-11(12(10)15)14(4,5)6;8-7(9)6-4-2-1-3-5-6/h7-9,15H,1-6H3;1-5H,(H,8,9). The molecule has 130 valence electrons. The van der Waals surface area contributed by atoms with Gasteiger partial charge in [0.2, 0.25) is 0 Å². The average molecular weight is 328 g/mol. The van der Waals surface area contributed by atoms with Crippen LogP contribution in [0.1, 0.15) is 63.0 Å². The molecule has 0 saturated carbocycles. The van der Waals surface area contributed by atoms with E-state index < -0.39 is 5.97 Å². The van der Waals surface area contributed by atoms with Crippen LogP contribution in [0.3, 0.4) is 0 Å². The van der Waals surface area contributed by atoms with E-state index in [1.807, 2.05) is 18.2 Å². The number of phenols is 1. The first kappa shape index (κ1) is 19.8. The Morgan fingerprint density at radius 3 is 1.46 bits per heavy atom. The van der Waals surface area contributed by atoms with Crippen LogP contribution in [-0.4, -0.2) is 16.2 Å². The number of carbonyl (C=O) groups is 1. The maximum Gasteiger partial charge on any atom is 0.335 e. The van der Waals surface area contributed by atoms with E-state index in [1.54, 1.807) is 30.3 Å². The molecule has 0 aliphatic heterocycles. The molecule has 2 aromatic carbocycles. The highest BCUT2D eigenvalue weighted by atomic mass is 16.4. The smallest absolute Gasteiger partial charge is 0.335 e. The first-order chi connectivity index (χ1) is 10.9. The van der Waals surface area contributed by atoms with E-state index in [4.69, 9.17) is 5.11 Å². The second-order valence-corrected chi connectivity index (χ2v) is 7.87. The van der Waals surface area contributed by atoms with E-state index in [1.165, 1.54) is 0 Å². The largest absolute Gasteiger partial charge is 0.507 e. The Kier molecular flexibility index (Phi) is 6.19. The topological polar surface area (TPSA) is 57.5 Å². The molecule has 2 rings (SSSR count). The molecule has 0 aromatic heterocycles. The van der Waals surface area contributed by atoms with Crippen LogP contribution in [0.15, 0.2) is 48.5 Å². The SMILES string of the molecule is CC(C)(C)c1cccc(C(C)(C)C)c1O.O=C(O)c1ccccc1. The Bertz CT molecular complexity index is 642. The van der Waals surface area contributed by atoms with Crippen molar-refractivity contribution < 1.29 is 15.0 Å². The molecule has 3 heteroatoms. The molecule has 2 aromatic rings. The number of hydrogen-bond acceptors (Lipinski definition) is 2. The minimum atomic E-state index is -0.879. The molecule has 0 aliphatic rings. The van der Waals surface area contributed by atoms with E-state index in [0.717, 1.165) is 11.1 Å². The minimum Gasteiger partial charge on any atom is -0.507 e. The van der Waals surface area contributed by atoms with Gasteiger partial charge in [0.25, 0.3) is 0 Å². The molecule has 24 heavy (non-hydrogen) atoms. The molecule has 0 spiro atoms. The highest BCUT2D eigenvalue weighted by Crippen LogP contribution is 2.38. The Balaban J connectivity index is 0.000000272. The fraction of sp³-hybridized carbons (Fsp3) is 0.381. The van der Waals surface area contributed by atoms with Gasteiger partial charge in [0.1, 0.15) is 5.75 Å². The number of rotatable bonds is 1. The molecule has 0 bridgehead atoms. The summed E-state index contributed by atoms with van der Waals surface area (Å²) in [5, 5.41) is 18.6. The monoisotopic (exact) mass is 328 g/mol. The molecule has 3 nitrogen and oxygen atoms in total. The number of benzene rings is 2. The number of carboxylic acids is 1. The molecular formula is C21H28O3. The summed E-state index contributed by atoms with van der Waals surface area (Å²) in [6.45, 7) is 12.7. The predicted molar refractivity (Wildman–Crippen MR) is 98.9 cm³/mol. The fourth-order valence-electron chi connectivity index (χ4n) is 2.33. The number of para-hydroxylation sites is 1. The fourth-order valence-corrected chi connectivity index (χ4v) is 2.33. The van der Waals surface area contributed by atoms with Gasteiger partial charge in [0.05, 0.1) is 5.56 Å². The Morgan fingerprint density at radius 2 is 1.17 bits per heavy atom. The van der Waals surface area contributed by atoms with Gasteiger partial charge in [-0.15, -0.1) is 0 Å². The van der Waals surface area contributed by atoms with Gasteiger partial charge in [0, 0.05) is 0 Å². The lowest BCUT2D eigenvalue weighted by Gasteiger charge is -2.26. The minimum absolute atomic E-state index is 0.00859. The zero-order chi connectivity index (χ0) is 18.5. The number of phenolic OH excluding ortho intramolecular Hbond substituents is 1. The van der Waals surface area contributed by atoms with E-state index in [-0.39, 0.29) is 10.8 Å². The molecule has 0 amide bonds. The van der Waals surface area contributed by atoms with Crippen molar-refractivity contribution in [2.24, 2.45) is 0 Å². The third-order valence-electron chi connectivity index (χ3n) is 3.67. The third kappa shape index (κ3) is 5.41. The molecule has 0 radical (unpaired) electrons. The van der Waals surface area contributed by atoms with E-state index in [2.05, 4.69) is 41.5 Å². The van der Waals surface area contributed by atoms with Crippen molar-refractivity contribution >= 4 is 5.97 Å². The van der Waals surface area contributed by atoms with Crippen molar-refractivity contribution in [3.05, 3.63) is 65.2 Å². The molecule has 0 fully saturated rings. The molecule has 0 aliphatic carbocycles. The Hall–Kier alpha value is -2.29. The molecule has 0 unspecified atom stereocenters. The predicted octanol–water partition coefficient (Wildman–Crippen LogP) is 5.37. The quantitative estimate of drug-likeness (QED) is 0.739. The first-order valence-corrected chi connectivity index (χ1v) is 8.06. The molecule has 0 atom stereocenters. The summed E-state index contributed by atoms with van der Waals surface area (Å²) < 4.78 is 0. The van der Waals surface area contributed by atoms with Crippen LogP contribution in [0.25, 0.3) is 0 Å². The molecule has 2 N–H and O–H groups in total. The van der Waals surface area contributed by atoms with Crippen molar-refractivity contribution in [1.29, 1.82) is 0 Å². The number of aromatic carboxylic acids is 1. The molecule has 0 saturated heterocycles. The number of aromatic hydroxyl groups is 1. The normalized spacial score (nSPS) is 11.4. The van der Waals surface area contributed by atoms with Crippen LogP contribution in [-0.2, 0) is 10.8 Å². The van der Waals surface area contributed by atoms with Gasteiger partial charge in [0.15, 0.2) is 0 Å². The van der Waals surface area contributed by atoms with Gasteiger partial charge in [-0.3, -0.25) is 0 Å². The van der Waals surface area contributed by atoms with Crippen molar-refractivity contribution in [3.8, 4) is 5.75 Å². The lowest BCUT2D eigenvalue weighted by Crippen LogP contribution is -2.16. The van der Waals surface area contributed by atoms with Gasteiger partial charge in [-0.2, -0.15) is 0 Å². The maximum atomic E-state index is 10.3. The highest BCUT2D eigenvalue weighted by Gasteiger charge is 2.24. The van der Waals surface area contributed by atoms with Crippen molar-refractivity contribution in [1.82, 2.24) is 0 Å². The highest BCUT2D eigenvalue weighted by molar-refractivity contribution is 5.87. The Morgan fingerprint density at radius 1 is 0.750 bits per heavy atom.